The number of benzene rings is 1. The van der Waals surface area contributed by atoms with Crippen molar-refractivity contribution in [1.82, 2.24) is 10.2 Å². The molecule has 1 aromatic carbocycles. The van der Waals surface area contributed by atoms with E-state index in [4.69, 9.17) is 5.11 Å². The molecule has 0 aliphatic heterocycles. The molecule has 0 aliphatic rings. The lowest BCUT2D eigenvalue weighted by Gasteiger charge is -2.31. The molecule has 0 atom stereocenters. The Morgan fingerprint density at radius 3 is 2.52 bits per heavy atom. The number of urea groups is 1. The molecule has 1 rings (SSSR count). The fraction of sp³-hybridized carbons (Fsp3) is 0.467. The number of carbonyl (C=O) groups is 2. The first-order chi connectivity index (χ1) is 9.66. The maximum absolute atomic E-state index is 13.0. The van der Waals surface area contributed by atoms with Crippen molar-refractivity contribution in [3.8, 4) is 0 Å². The van der Waals surface area contributed by atoms with Gasteiger partial charge >= 0.3 is 12.0 Å². The van der Waals surface area contributed by atoms with E-state index >= 15 is 0 Å². The number of nitrogens with zero attached hydrogens (tertiary/aromatic N) is 1. The van der Waals surface area contributed by atoms with Crippen LogP contribution in [0.15, 0.2) is 18.2 Å². The summed E-state index contributed by atoms with van der Waals surface area (Å²) in [5, 5.41) is 11.7. The first-order valence-corrected chi connectivity index (χ1v) is 6.66. The third-order valence-corrected chi connectivity index (χ3v) is 3.64. The van der Waals surface area contributed by atoms with E-state index in [-0.39, 0.29) is 5.82 Å². The minimum absolute atomic E-state index is 0.289. The van der Waals surface area contributed by atoms with Gasteiger partial charge in [0.05, 0.1) is 0 Å². The predicted molar refractivity (Wildman–Crippen MR) is 77.7 cm³/mol. The Hall–Kier alpha value is -2.11. The molecule has 6 heteroatoms. The van der Waals surface area contributed by atoms with Gasteiger partial charge in [-0.2, -0.15) is 0 Å². The van der Waals surface area contributed by atoms with Crippen LogP contribution in [-0.4, -0.2) is 41.1 Å². The van der Waals surface area contributed by atoms with Crippen LogP contribution in [0.2, 0.25) is 0 Å². The largest absolute Gasteiger partial charge is 0.480 e. The van der Waals surface area contributed by atoms with Gasteiger partial charge in [-0.25, -0.2) is 14.0 Å². The summed E-state index contributed by atoms with van der Waals surface area (Å²) >= 11 is 0. The molecule has 1 aromatic rings. The van der Waals surface area contributed by atoms with Gasteiger partial charge in [0.25, 0.3) is 0 Å². The van der Waals surface area contributed by atoms with Gasteiger partial charge in [0, 0.05) is 13.6 Å². The maximum atomic E-state index is 13.0. The molecule has 5 nitrogen and oxygen atoms in total. The average molecular weight is 296 g/mol. The molecule has 0 aromatic heterocycles. The quantitative estimate of drug-likeness (QED) is 0.875. The minimum Gasteiger partial charge on any atom is -0.480 e. The van der Waals surface area contributed by atoms with Crippen molar-refractivity contribution in [1.29, 1.82) is 0 Å². The van der Waals surface area contributed by atoms with Gasteiger partial charge in [0.15, 0.2) is 0 Å². The normalized spacial score (nSPS) is 11.1. The molecule has 0 radical (unpaired) electrons. The van der Waals surface area contributed by atoms with E-state index in [0.29, 0.717) is 13.0 Å². The van der Waals surface area contributed by atoms with Gasteiger partial charge in [0.1, 0.15) is 11.4 Å². The second-order valence-corrected chi connectivity index (χ2v) is 5.48. The van der Waals surface area contributed by atoms with Crippen LogP contribution in [-0.2, 0) is 11.2 Å². The highest BCUT2D eigenvalue weighted by atomic mass is 19.1. The van der Waals surface area contributed by atoms with Crippen molar-refractivity contribution in [3.05, 3.63) is 35.1 Å². The minimum atomic E-state index is -1.28. The van der Waals surface area contributed by atoms with Crippen molar-refractivity contribution in [2.75, 3.05) is 13.6 Å². The number of hydrogen-bond donors (Lipinski definition) is 2. The summed E-state index contributed by atoms with van der Waals surface area (Å²) in [7, 11) is 1.44. The lowest BCUT2D eigenvalue weighted by Crippen LogP contribution is -2.54. The summed E-state index contributed by atoms with van der Waals surface area (Å²) in [5.41, 5.74) is 0.482. The van der Waals surface area contributed by atoms with Gasteiger partial charge in [-0.1, -0.05) is 6.07 Å². The summed E-state index contributed by atoms with van der Waals surface area (Å²) in [6.07, 6.45) is 0.555. The molecular formula is C15H21FN2O3. The number of carbonyl (C=O) groups excluding carboxylic acids is 1. The van der Waals surface area contributed by atoms with Gasteiger partial charge in [-0.3, -0.25) is 0 Å². The van der Waals surface area contributed by atoms with Crippen LogP contribution in [0.3, 0.4) is 0 Å². The summed E-state index contributed by atoms with van der Waals surface area (Å²) < 4.78 is 13.0. The molecule has 2 N–H and O–H groups in total. The van der Waals surface area contributed by atoms with Crippen molar-refractivity contribution < 1.29 is 19.1 Å². The molecule has 0 aliphatic carbocycles. The highest BCUT2D eigenvalue weighted by molar-refractivity contribution is 5.85. The number of hydrogen-bond acceptors (Lipinski definition) is 2. The maximum Gasteiger partial charge on any atom is 0.329 e. The lowest BCUT2D eigenvalue weighted by atomic mass is 10.0. The van der Waals surface area contributed by atoms with Crippen molar-refractivity contribution in [2.45, 2.75) is 32.7 Å². The number of halogens is 1. The second-order valence-electron chi connectivity index (χ2n) is 5.48. The third kappa shape index (κ3) is 4.18. The Labute approximate surface area is 123 Å². The Bertz CT molecular complexity index is 544. The zero-order chi connectivity index (χ0) is 16.2. The Balaban J connectivity index is 2.56. The fourth-order valence-corrected chi connectivity index (χ4v) is 1.76. The van der Waals surface area contributed by atoms with Crippen molar-refractivity contribution in [3.63, 3.8) is 0 Å². The van der Waals surface area contributed by atoms with Crippen LogP contribution < -0.4 is 5.32 Å². The van der Waals surface area contributed by atoms with Crippen molar-refractivity contribution >= 4 is 12.0 Å². The van der Waals surface area contributed by atoms with Gasteiger partial charge < -0.3 is 15.3 Å². The SMILES string of the molecule is Cc1cc(F)ccc1CCNC(=O)N(C)C(C)(C)C(=O)O. The second kappa shape index (κ2) is 6.56. The molecule has 0 saturated heterocycles. The molecule has 0 heterocycles. The van der Waals surface area contributed by atoms with Crippen LogP contribution >= 0.6 is 0 Å². The lowest BCUT2D eigenvalue weighted by molar-refractivity contribution is -0.146. The third-order valence-electron chi connectivity index (χ3n) is 3.64. The van der Waals surface area contributed by atoms with Crippen LogP contribution in [0.4, 0.5) is 9.18 Å². The number of rotatable bonds is 5. The van der Waals surface area contributed by atoms with E-state index in [2.05, 4.69) is 5.32 Å². The first-order valence-electron chi connectivity index (χ1n) is 6.66. The summed E-state index contributed by atoms with van der Waals surface area (Å²) in [5.74, 6) is -1.36. The molecule has 2 amide bonds. The molecule has 0 unspecified atom stereocenters. The molecule has 0 saturated carbocycles. The highest BCUT2D eigenvalue weighted by Gasteiger charge is 2.35. The molecule has 116 valence electrons. The monoisotopic (exact) mass is 296 g/mol. The van der Waals surface area contributed by atoms with Crippen LogP contribution in [0.5, 0.6) is 0 Å². The first kappa shape index (κ1) is 16.9. The molecule has 21 heavy (non-hydrogen) atoms. The van der Waals surface area contributed by atoms with E-state index in [1.54, 1.807) is 13.0 Å². The molecule has 0 fully saturated rings. The smallest absolute Gasteiger partial charge is 0.329 e. The van der Waals surface area contributed by atoms with Crippen LogP contribution in [0, 0.1) is 12.7 Å². The Kier molecular flexibility index (Phi) is 5.29. The number of aryl methyl sites for hydroxylation is 1. The van der Waals surface area contributed by atoms with Crippen LogP contribution in [0.1, 0.15) is 25.0 Å². The van der Waals surface area contributed by atoms with E-state index in [1.807, 2.05) is 0 Å². The predicted octanol–water partition coefficient (Wildman–Crippen LogP) is 2.18. The highest BCUT2D eigenvalue weighted by Crippen LogP contribution is 2.13. The fourth-order valence-electron chi connectivity index (χ4n) is 1.76. The standard InChI is InChI=1S/C15H21FN2O3/c1-10-9-12(16)6-5-11(10)7-8-17-14(21)18(4)15(2,3)13(19)20/h5-6,9H,7-8H2,1-4H3,(H,17,21)(H,19,20). The number of likely N-dealkylation sites (N-methyl/N-ethyl adjacent to an activating group) is 1. The molecule has 0 spiro atoms. The van der Waals surface area contributed by atoms with Crippen LogP contribution in [0.25, 0.3) is 0 Å². The Morgan fingerprint density at radius 2 is 2.00 bits per heavy atom. The molecular weight excluding hydrogens is 275 g/mol. The van der Waals surface area contributed by atoms with E-state index < -0.39 is 17.5 Å². The number of carboxylic acids is 1. The zero-order valence-electron chi connectivity index (χ0n) is 12.7. The Morgan fingerprint density at radius 1 is 1.38 bits per heavy atom. The average Bonchev–Trinajstić information content (AvgIpc) is 2.39. The number of carboxylic acid groups (broad SMARTS) is 1. The van der Waals surface area contributed by atoms with Crippen molar-refractivity contribution in [2.24, 2.45) is 0 Å². The topological polar surface area (TPSA) is 69.6 Å². The van der Waals surface area contributed by atoms with E-state index in [1.165, 1.54) is 33.0 Å². The number of aliphatic carboxylic acids is 1. The summed E-state index contributed by atoms with van der Waals surface area (Å²) in [6.45, 7) is 5.07. The zero-order valence-corrected chi connectivity index (χ0v) is 12.7. The van der Waals surface area contributed by atoms with Gasteiger partial charge in [0.2, 0.25) is 0 Å². The summed E-state index contributed by atoms with van der Waals surface area (Å²) in [4.78, 5) is 24.1. The summed E-state index contributed by atoms with van der Waals surface area (Å²) in [6, 6.07) is 4.05. The van der Waals surface area contributed by atoms with E-state index in [9.17, 15) is 14.0 Å². The van der Waals surface area contributed by atoms with Gasteiger partial charge in [-0.15, -0.1) is 0 Å². The van der Waals surface area contributed by atoms with E-state index in [0.717, 1.165) is 16.0 Å². The van der Waals surface area contributed by atoms with Gasteiger partial charge in [-0.05, 0) is 50.5 Å². The number of nitrogens with one attached hydrogen (secondary N) is 1. The number of amides is 2. The molecule has 0 bridgehead atoms.